The molecule has 0 bridgehead atoms. The number of anilines is 1. The van der Waals surface area contributed by atoms with Gasteiger partial charge < -0.3 is 10.1 Å². The van der Waals surface area contributed by atoms with Gasteiger partial charge in [-0.2, -0.15) is 0 Å². The molecule has 2 N–H and O–H groups in total. The van der Waals surface area contributed by atoms with Gasteiger partial charge in [0.05, 0.1) is 0 Å². The van der Waals surface area contributed by atoms with Crippen LogP contribution in [0.15, 0.2) is 24.5 Å². The molecule has 0 unspecified atom stereocenters. The van der Waals surface area contributed by atoms with Gasteiger partial charge in [0.15, 0.2) is 6.29 Å². The van der Waals surface area contributed by atoms with Gasteiger partial charge in [-0.05, 0) is 12.1 Å². The van der Waals surface area contributed by atoms with Crippen molar-refractivity contribution >= 4 is 17.6 Å². The van der Waals surface area contributed by atoms with Gasteiger partial charge >= 0.3 is 0 Å². The second-order valence-corrected chi connectivity index (χ2v) is 2.51. The van der Waals surface area contributed by atoms with Crippen molar-refractivity contribution in [3.8, 4) is 0 Å². The smallest absolute Gasteiger partial charge is 0.170 e. The summed E-state index contributed by atoms with van der Waals surface area (Å²) in [6.45, 7) is 0. The molecular formula is C8H7N3O. The number of carbonyl (C=O) groups is 1. The molecule has 2 heterocycles. The van der Waals surface area contributed by atoms with E-state index in [9.17, 15) is 4.79 Å². The molecule has 0 amide bonds. The number of rotatable bonds is 1. The largest absolute Gasteiger partial charge is 0.398 e. The summed E-state index contributed by atoms with van der Waals surface area (Å²) >= 11 is 0. The first-order chi connectivity index (χ1) is 5.79. The van der Waals surface area contributed by atoms with Crippen LogP contribution in [0.3, 0.4) is 0 Å². The number of fused-ring (bicyclic) bond motifs is 1. The van der Waals surface area contributed by atoms with E-state index in [-0.39, 0.29) is 0 Å². The Morgan fingerprint density at radius 3 is 3.00 bits per heavy atom. The summed E-state index contributed by atoms with van der Waals surface area (Å²) in [6.07, 6.45) is 4.07. The SMILES string of the molecule is Nc1ccc2nc(C=O)cn2c1. The minimum atomic E-state index is 0.417. The van der Waals surface area contributed by atoms with Crippen molar-refractivity contribution in [3.63, 3.8) is 0 Å². The van der Waals surface area contributed by atoms with Crippen molar-refractivity contribution in [2.45, 2.75) is 0 Å². The molecule has 0 radical (unpaired) electrons. The predicted octanol–water partition coefficient (Wildman–Crippen LogP) is 0.729. The Hall–Kier alpha value is -1.84. The van der Waals surface area contributed by atoms with Crippen LogP contribution in [0, 0.1) is 0 Å². The maximum absolute atomic E-state index is 10.4. The number of imidazole rings is 1. The van der Waals surface area contributed by atoms with Crippen LogP contribution in [0.4, 0.5) is 5.69 Å². The van der Waals surface area contributed by atoms with Crippen LogP contribution in [-0.2, 0) is 0 Å². The first kappa shape index (κ1) is 6.84. The fraction of sp³-hybridized carbons (Fsp3) is 0. The van der Waals surface area contributed by atoms with E-state index in [1.165, 1.54) is 0 Å². The average Bonchev–Trinajstić information content (AvgIpc) is 2.46. The Bertz CT molecular complexity index is 433. The molecule has 0 aliphatic rings. The summed E-state index contributed by atoms with van der Waals surface area (Å²) in [6, 6.07) is 3.51. The topological polar surface area (TPSA) is 60.4 Å². The highest BCUT2D eigenvalue weighted by atomic mass is 16.1. The standard InChI is InChI=1S/C8H7N3O/c9-6-1-2-8-10-7(5-12)4-11(8)3-6/h1-5H,9H2. The number of aldehydes is 1. The van der Waals surface area contributed by atoms with E-state index < -0.39 is 0 Å². The molecule has 4 heteroatoms. The van der Waals surface area contributed by atoms with Crippen LogP contribution in [0.5, 0.6) is 0 Å². The lowest BCUT2D eigenvalue weighted by molar-refractivity contribution is 0.111. The van der Waals surface area contributed by atoms with Gasteiger partial charge in [0.25, 0.3) is 0 Å². The van der Waals surface area contributed by atoms with Gasteiger partial charge in [-0.1, -0.05) is 0 Å². The van der Waals surface area contributed by atoms with Crippen molar-refractivity contribution in [1.82, 2.24) is 9.38 Å². The first-order valence-electron chi connectivity index (χ1n) is 3.49. The molecule has 2 aromatic heterocycles. The van der Waals surface area contributed by atoms with E-state index in [2.05, 4.69) is 4.98 Å². The summed E-state index contributed by atoms with van der Waals surface area (Å²) in [5, 5.41) is 0. The molecule has 0 saturated carbocycles. The summed E-state index contributed by atoms with van der Waals surface area (Å²) in [4.78, 5) is 14.4. The minimum absolute atomic E-state index is 0.417. The zero-order valence-corrected chi connectivity index (χ0v) is 6.27. The lowest BCUT2D eigenvalue weighted by Crippen LogP contribution is -1.88. The molecule has 0 aliphatic heterocycles. The molecule has 0 fully saturated rings. The van der Waals surface area contributed by atoms with Crippen LogP contribution in [0.25, 0.3) is 5.65 Å². The molecule has 4 nitrogen and oxygen atoms in total. The number of carbonyl (C=O) groups excluding carboxylic acids is 1. The van der Waals surface area contributed by atoms with Crippen molar-refractivity contribution in [2.24, 2.45) is 0 Å². The van der Waals surface area contributed by atoms with Crippen LogP contribution < -0.4 is 5.73 Å². The van der Waals surface area contributed by atoms with Crippen molar-refractivity contribution < 1.29 is 4.79 Å². The van der Waals surface area contributed by atoms with Crippen LogP contribution >= 0.6 is 0 Å². The van der Waals surface area contributed by atoms with Gasteiger partial charge in [0, 0.05) is 18.1 Å². The number of nitrogen functional groups attached to an aromatic ring is 1. The third-order valence-electron chi connectivity index (χ3n) is 1.61. The van der Waals surface area contributed by atoms with Crippen LogP contribution in [0.1, 0.15) is 10.5 Å². The lowest BCUT2D eigenvalue weighted by Gasteiger charge is -1.93. The fourth-order valence-corrected chi connectivity index (χ4v) is 1.09. The maximum Gasteiger partial charge on any atom is 0.170 e. The van der Waals surface area contributed by atoms with Crippen LogP contribution in [0.2, 0.25) is 0 Å². The summed E-state index contributed by atoms with van der Waals surface area (Å²) < 4.78 is 1.72. The number of pyridine rings is 1. The highest BCUT2D eigenvalue weighted by Crippen LogP contribution is 2.07. The molecule has 2 rings (SSSR count). The van der Waals surface area contributed by atoms with E-state index in [0.717, 1.165) is 5.65 Å². The molecule has 60 valence electrons. The van der Waals surface area contributed by atoms with E-state index in [4.69, 9.17) is 5.73 Å². The summed E-state index contributed by atoms with van der Waals surface area (Å²) in [7, 11) is 0. The van der Waals surface area contributed by atoms with Crippen molar-refractivity contribution in [2.75, 3.05) is 5.73 Å². The number of hydrogen-bond donors (Lipinski definition) is 1. The van der Waals surface area contributed by atoms with Crippen molar-refractivity contribution in [3.05, 3.63) is 30.2 Å². The third kappa shape index (κ3) is 0.934. The fourth-order valence-electron chi connectivity index (χ4n) is 1.09. The van der Waals surface area contributed by atoms with Gasteiger partial charge in [-0.15, -0.1) is 0 Å². The van der Waals surface area contributed by atoms with Crippen molar-refractivity contribution in [1.29, 1.82) is 0 Å². The average molecular weight is 161 g/mol. The van der Waals surface area contributed by atoms with E-state index >= 15 is 0 Å². The lowest BCUT2D eigenvalue weighted by atomic mass is 10.4. The summed E-state index contributed by atoms with van der Waals surface area (Å²) in [5.41, 5.74) is 7.33. The highest BCUT2D eigenvalue weighted by molar-refractivity contribution is 5.73. The molecule has 2 aromatic rings. The van der Waals surface area contributed by atoms with E-state index in [1.807, 2.05) is 0 Å². The molecule has 0 aromatic carbocycles. The minimum Gasteiger partial charge on any atom is -0.398 e. The molecular weight excluding hydrogens is 154 g/mol. The zero-order chi connectivity index (χ0) is 8.55. The predicted molar refractivity (Wildman–Crippen MR) is 45.0 cm³/mol. The number of aromatic nitrogens is 2. The van der Waals surface area contributed by atoms with Gasteiger partial charge in [-0.3, -0.25) is 4.79 Å². The Balaban J connectivity index is 2.75. The molecule has 12 heavy (non-hydrogen) atoms. The normalized spacial score (nSPS) is 10.3. The molecule has 0 saturated heterocycles. The van der Waals surface area contributed by atoms with Gasteiger partial charge in [0.2, 0.25) is 0 Å². The first-order valence-corrected chi connectivity index (χ1v) is 3.49. The molecule has 0 spiro atoms. The molecule has 0 atom stereocenters. The Labute approximate surface area is 68.6 Å². The Kier molecular flexibility index (Phi) is 1.33. The monoisotopic (exact) mass is 161 g/mol. The zero-order valence-electron chi connectivity index (χ0n) is 6.27. The second-order valence-electron chi connectivity index (χ2n) is 2.51. The second kappa shape index (κ2) is 2.34. The van der Waals surface area contributed by atoms with E-state index in [1.54, 1.807) is 28.9 Å². The summed E-state index contributed by atoms with van der Waals surface area (Å²) in [5.74, 6) is 0. The highest BCUT2D eigenvalue weighted by Gasteiger charge is 1.98. The number of nitrogens with zero attached hydrogens (tertiary/aromatic N) is 2. The quantitative estimate of drug-likeness (QED) is 0.627. The van der Waals surface area contributed by atoms with Crippen LogP contribution in [-0.4, -0.2) is 15.7 Å². The van der Waals surface area contributed by atoms with Gasteiger partial charge in [0.1, 0.15) is 11.3 Å². The number of hydrogen-bond acceptors (Lipinski definition) is 3. The Morgan fingerprint density at radius 1 is 1.42 bits per heavy atom. The maximum atomic E-state index is 10.4. The number of nitrogens with two attached hydrogens (primary N) is 1. The van der Waals surface area contributed by atoms with Gasteiger partial charge in [-0.25, -0.2) is 4.98 Å². The molecule has 0 aliphatic carbocycles. The Morgan fingerprint density at radius 2 is 2.25 bits per heavy atom. The third-order valence-corrected chi connectivity index (χ3v) is 1.61. The van der Waals surface area contributed by atoms with E-state index in [0.29, 0.717) is 17.7 Å².